The molecule has 6 heteroatoms. The molecule has 189 valence electrons. The average Bonchev–Trinajstić information content (AvgIpc) is 2.96. The maximum atomic E-state index is 12.3. The Morgan fingerprint density at radius 2 is 1.68 bits per heavy atom. The standard InChI is InChI=1S/C32H28N3O3/c33-22-29(31-8-4-5-16-34-31)21-27-18-26(19-28(20-27)23-36)15-17-38-32(37)35-30-13-11-25(12-14-30)10-9-24-6-2-1-3-7-24/h1-8,10-14,16,18-21,36H,9,15,17,23H2,(H,35,37). The van der Waals surface area contributed by atoms with Crippen LogP contribution in [0.3, 0.4) is 0 Å². The summed E-state index contributed by atoms with van der Waals surface area (Å²) < 4.78 is 5.37. The summed E-state index contributed by atoms with van der Waals surface area (Å²) in [5, 5.41) is 22.0. The van der Waals surface area contributed by atoms with Gasteiger partial charge in [0, 0.05) is 18.3 Å². The molecule has 0 fully saturated rings. The first-order valence-electron chi connectivity index (χ1n) is 12.3. The van der Waals surface area contributed by atoms with Crippen LogP contribution in [0, 0.1) is 17.8 Å². The number of hydrogen-bond donors (Lipinski definition) is 2. The van der Waals surface area contributed by atoms with Gasteiger partial charge >= 0.3 is 6.09 Å². The van der Waals surface area contributed by atoms with Crippen LogP contribution in [0.1, 0.15) is 33.5 Å². The van der Waals surface area contributed by atoms with Crippen molar-refractivity contribution in [3.05, 3.63) is 137 Å². The van der Waals surface area contributed by atoms with Gasteiger partial charge in [0.15, 0.2) is 0 Å². The Kier molecular flexibility index (Phi) is 9.39. The number of nitrogens with zero attached hydrogens (tertiary/aromatic N) is 2. The minimum atomic E-state index is -0.536. The molecule has 0 spiro atoms. The van der Waals surface area contributed by atoms with E-state index in [-0.39, 0.29) is 13.2 Å². The van der Waals surface area contributed by atoms with Crippen molar-refractivity contribution < 1.29 is 14.6 Å². The molecule has 6 nitrogen and oxygen atoms in total. The summed E-state index contributed by atoms with van der Waals surface area (Å²) in [6, 6.07) is 31.0. The highest BCUT2D eigenvalue weighted by Gasteiger charge is 2.07. The number of carbonyl (C=O) groups is 1. The van der Waals surface area contributed by atoms with Gasteiger partial charge in [-0.3, -0.25) is 10.3 Å². The average molecular weight is 503 g/mol. The number of anilines is 1. The summed E-state index contributed by atoms with van der Waals surface area (Å²) in [6.45, 7) is 0.0262. The Balaban J connectivity index is 1.30. The summed E-state index contributed by atoms with van der Waals surface area (Å²) in [5.74, 6) is 0. The number of amides is 1. The van der Waals surface area contributed by atoms with Gasteiger partial charge in [-0.1, -0.05) is 60.7 Å². The van der Waals surface area contributed by atoms with Crippen molar-refractivity contribution in [2.45, 2.75) is 19.4 Å². The van der Waals surface area contributed by atoms with Crippen LogP contribution in [0.25, 0.3) is 11.6 Å². The van der Waals surface area contributed by atoms with Crippen molar-refractivity contribution in [2.75, 3.05) is 11.9 Å². The Hall–Kier alpha value is -4.73. The van der Waals surface area contributed by atoms with E-state index in [1.807, 2.05) is 66.7 Å². The zero-order valence-electron chi connectivity index (χ0n) is 20.9. The van der Waals surface area contributed by atoms with Gasteiger partial charge in [0.1, 0.15) is 6.07 Å². The van der Waals surface area contributed by atoms with E-state index >= 15 is 0 Å². The number of aromatic nitrogens is 1. The molecule has 1 radical (unpaired) electrons. The summed E-state index contributed by atoms with van der Waals surface area (Å²) in [7, 11) is 0. The molecule has 1 aromatic heterocycles. The van der Waals surface area contributed by atoms with Gasteiger partial charge in [0.05, 0.1) is 24.5 Å². The van der Waals surface area contributed by atoms with Crippen molar-refractivity contribution in [3.8, 4) is 6.07 Å². The summed E-state index contributed by atoms with van der Waals surface area (Å²) >= 11 is 0. The number of benzene rings is 3. The van der Waals surface area contributed by atoms with E-state index in [4.69, 9.17) is 4.74 Å². The number of rotatable bonds is 10. The van der Waals surface area contributed by atoms with Gasteiger partial charge in [-0.05, 0) is 77.1 Å². The van der Waals surface area contributed by atoms with Crippen molar-refractivity contribution in [3.63, 3.8) is 0 Å². The Morgan fingerprint density at radius 1 is 0.921 bits per heavy atom. The highest BCUT2D eigenvalue weighted by molar-refractivity contribution is 5.88. The lowest BCUT2D eigenvalue weighted by Crippen LogP contribution is -2.15. The predicted molar refractivity (Wildman–Crippen MR) is 149 cm³/mol. The summed E-state index contributed by atoms with van der Waals surface area (Å²) in [6.07, 6.45) is 6.27. The van der Waals surface area contributed by atoms with E-state index in [0.717, 1.165) is 23.1 Å². The molecule has 4 rings (SSSR count). The predicted octanol–water partition coefficient (Wildman–Crippen LogP) is 6.22. The number of aliphatic hydroxyl groups excluding tert-OH is 1. The maximum absolute atomic E-state index is 12.3. The van der Waals surface area contributed by atoms with E-state index < -0.39 is 6.09 Å². The second-order valence-corrected chi connectivity index (χ2v) is 8.65. The van der Waals surface area contributed by atoms with E-state index in [2.05, 4.69) is 34.9 Å². The molecule has 3 aromatic carbocycles. The monoisotopic (exact) mass is 502 g/mol. The van der Waals surface area contributed by atoms with Crippen LogP contribution in [0.4, 0.5) is 10.5 Å². The summed E-state index contributed by atoms with van der Waals surface area (Å²) in [5.41, 5.74) is 6.32. The molecule has 38 heavy (non-hydrogen) atoms. The molecule has 0 saturated heterocycles. The minimum absolute atomic E-state index is 0.139. The topological polar surface area (TPSA) is 95.2 Å². The van der Waals surface area contributed by atoms with Crippen LogP contribution in [0.5, 0.6) is 0 Å². The molecule has 0 aliphatic heterocycles. The number of allylic oxidation sites excluding steroid dienone is 1. The molecule has 1 amide bonds. The quantitative estimate of drug-likeness (QED) is 0.251. The molecule has 4 aromatic rings. The largest absolute Gasteiger partial charge is 0.449 e. The second-order valence-electron chi connectivity index (χ2n) is 8.65. The lowest BCUT2D eigenvalue weighted by atomic mass is 10.0. The first-order chi connectivity index (χ1) is 18.6. The van der Waals surface area contributed by atoms with Crippen molar-refractivity contribution in [1.82, 2.24) is 4.98 Å². The third kappa shape index (κ3) is 7.89. The fraction of sp³-hybridized carbons (Fsp3) is 0.125. The van der Waals surface area contributed by atoms with Crippen LogP contribution >= 0.6 is 0 Å². The van der Waals surface area contributed by atoms with E-state index in [0.29, 0.717) is 28.9 Å². The number of carbonyl (C=O) groups excluding carboxylic acids is 1. The van der Waals surface area contributed by atoms with Gasteiger partial charge in [0.2, 0.25) is 0 Å². The molecule has 2 N–H and O–H groups in total. The molecular formula is C32H28N3O3. The SMILES string of the molecule is N#CC(=Cc1cc(CO)cc(CCOC(=O)Nc2ccc([CH]Cc3ccccc3)cc2)c1)c1ccccn1. The lowest BCUT2D eigenvalue weighted by molar-refractivity contribution is 0.163. The van der Waals surface area contributed by atoms with Gasteiger partial charge in [0.25, 0.3) is 0 Å². The highest BCUT2D eigenvalue weighted by Crippen LogP contribution is 2.19. The lowest BCUT2D eigenvalue weighted by Gasteiger charge is -2.10. The van der Waals surface area contributed by atoms with Crippen molar-refractivity contribution >= 4 is 23.4 Å². The molecule has 0 unspecified atom stereocenters. The van der Waals surface area contributed by atoms with Gasteiger partial charge in [-0.15, -0.1) is 0 Å². The summed E-state index contributed by atoms with van der Waals surface area (Å²) in [4.78, 5) is 16.5. The number of ether oxygens (including phenoxy) is 1. The van der Waals surface area contributed by atoms with E-state index in [1.165, 1.54) is 5.56 Å². The zero-order valence-corrected chi connectivity index (χ0v) is 20.9. The minimum Gasteiger partial charge on any atom is -0.449 e. The molecular weight excluding hydrogens is 474 g/mol. The van der Waals surface area contributed by atoms with E-state index in [1.54, 1.807) is 24.4 Å². The molecule has 0 bridgehead atoms. The van der Waals surface area contributed by atoms with E-state index in [9.17, 15) is 15.2 Å². The van der Waals surface area contributed by atoms with Gasteiger partial charge in [-0.2, -0.15) is 5.26 Å². The van der Waals surface area contributed by atoms with Gasteiger partial charge < -0.3 is 9.84 Å². The zero-order chi connectivity index (χ0) is 26.6. The van der Waals surface area contributed by atoms with Gasteiger partial charge in [-0.25, -0.2) is 4.79 Å². The molecule has 0 aliphatic carbocycles. The van der Waals surface area contributed by atoms with Crippen molar-refractivity contribution in [1.29, 1.82) is 5.26 Å². The smallest absolute Gasteiger partial charge is 0.411 e. The Labute approximate surface area is 222 Å². The molecule has 1 heterocycles. The third-order valence-electron chi connectivity index (χ3n) is 5.83. The second kappa shape index (κ2) is 13.5. The van der Waals surface area contributed by atoms with Crippen LogP contribution < -0.4 is 5.32 Å². The number of aliphatic hydroxyl groups is 1. The maximum Gasteiger partial charge on any atom is 0.411 e. The normalized spacial score (nSPS) is 11.0. The van der Waals surface area contributed by atoms with Crippen LogP contribution in [-0.4, -0.2) is 22.8 Å². The van der Waals surface area contributed by atoms with Crippen LogP contribution in [-0.2, 0) is 24.2 Å². The first kappa shape index (κ1) is 26.3. The fourth-order valence-electron chi connectivity index (χ4n) is 3.93. The molecule has 0 saturated carbocycles. The third-order valence-corrected chi connectivity index (χ3v) is 5.83. The number of nitrogens with one attached hydrogen (secondary N) is 1. The number of hydrogen-bond acceptors (Lipinski definition) is 5. The first-order valence-corrected chi connectivity index (χ1v) is 12.3. The molecule has 0 atom stereocenters. The number of pyridine rings is 1. The fourth-order valence-corrected chi connectivity index (χ4v) is 3.93. The van der Waals surface area contributed by atoms with Crippen LogP contribution in [0.2, 0.25) is 0 Å². The Bertz CT molecular complexity index is 1410. The highest BCUT2D eigenvalue weighted by atomic mass is 16.5. The van der Waals surface area contributed by atoms with Crippen LogP contribution in [0.15, 0.2) is 97.2 Å². The Morgan fingerprint density at radius 3 is 2.39 bits per heavy atom. The van der Waals surface area contributed by atoms with Crippen molar-refractivity contribution in [2.24, 2.45) is 0 Å². The number of nitriles is 1. The molecule has 0 aliphatic rings.